The van der Waals surface area contributed by atoms with Crippen LogP contribution >= 0.6 is 0 Å². The number of fused-ring (bicyclic) bond motifs is 1. The molecule has 0 saturated carbocycles. The van der Waals surface area contributed by atoms with Crippen molar-refractivity contribution in [2.24, 2.45) is 0 Å². The molecule has 4 heteroatoms. The zero-order valence-corrected chi connectivity index (χ0v) is 13.5. The van der Waals surface area contributed by atoms with Crippen molar-refractivity contribution >= 4 is 22.4 Å². The summed E-state index contributed by atoms with van der Waals surface area (Å²) < 4.78 is 13.2. The van der Waals surface area contributed by atoms with Crippen LogP contribution in [-0.4, -0.2) is 24.4 Å². The van der Waals surface area contributed by atoms with Crippen LogP contribution in [-0.2, 0) is 11.3 Å². The number of amides is 1. The van der Waals surface area contributed by atoms with E-state index in [2.05, 4.69) is 29.6 Å². The smallest absolute Gasteiger partial charge is 0.238 e. The van der Waals surface area contributed by atoms with Gasteiger partial charge in [-0.2, -0.15) is 0 Å². The van der Waals surface area contributed by atoms with Gasteiger partial charge >= 0.3 is 0 Å². The first-order chi connectivity index (χ1) is 11.6. The first kappa shape index (κ1) is 16.1. The van der Waals surface area contributed by atoms with Gasteiger partial charge < -0.3 is 5.32 Å². The highest BCUT2D eigenvalue weighted by molar-refractivity contribution is 5.92. The van der Waals surface area contributed by atoms with E-state index in [1.807, 2.05) is 30.1 Å². The Labute approximate surface area is 140 Å². The van der Waals surface area contributed by atoms with E-state index in [-0.39, 0.29) is 18.3 Å². The fraction of sp³-hybridized carbons (Fsp3) is 0.150. The van der Waals surface area contributed by atoms with Gasteiger partial charge in [0, 0.05) is 12.2 Å². The van der Waals surface area contributed by atoms with Gasteiger partial charge in [-0.05, 0) is 41.6 Å². The topological polar surface area (TPSA) is 32.3 Å². The molecular formula is C20H19FN2O. The zero-order chi connectivity index (χ0) is 16.9. The zero-order valence-electron chi connectivity index (χ0n) is 13.5. The van der Waals surface area contributed by atoms with Crippen molar-refractivity contribution in [2.45, 2.75) is 6.54 Å². The van der Waals surface area contributed by atoms with E-state index in [0.717, 1.165) is 0 Å². The summed E-state index contributed by atoms with van der Waals surface area (Å²) >= 11 is 0. The van der Waals surface area contributed by atoms with Crippen LogP contribution in [0.2, 0.25) is 0 Å². The van der Waals surface area contributed by atoms with E-state index in [1.165, 1.54) is 28.5 Å². The third-order valence-electron chi connectivity index (χ3n) is 3.84. The summed E-state index contributed by atoms with van der Waals surface area (Å²) in [4.78, 5) is 14.1. The lowest BCUT2D eigenvalue weighted by Gasteiger charge is -2.17. The van der Waals surface area contributed by atoms with Crippen LogP contribution < -0.4 is 5.32 Å². The molecule has 24 heavy (non-hydrogen) atoms. The maximum atomic E-state index is 13.2. The number of likely N-dealkylation sites (N-methyl/N-ethyl adjacent to an activating group) is 1. The molecule has 3 aromatic carbocycles. The SMILES string of the molecule is CN(CC(=O)Nc1cccc(F)c1)Cc1cccc2ccccc12. The number of rotatable bonds is 5. The van der Waals surface area contributed by atoms with Crippen molar-refractivity contribution in [1.82, 2.24) is 4.90 Å². The number of nitrogens with one attached hydrogen (secondary N) is 1. The van der Waals surface area contributed by atoms with E-state index in [9.17, 15) is 9.18 Å². The summed E-state index contributed by atoms with van der Waals surface area (Å²) in [7, 11) is 1.90. The van der Waals surface area contributed by atoms with E-state index in [0.29, 0.717) is 12.2 Å². The van der Waals surface area contributed by atoms with Crippen LogP contribution in [0.5, 0.6) is 0 Å². The first-order valence-corrected chi connectivity index (χ1v) is 7.82. The molecular weight excluding hydrogens is 303 g/mol. The van der Waals surface area contributed by atoms with Gasteiger partial charge in [0.25, 0.3) is 0 Å². The lowest BCUT2D eigenvalue weighted by atomic mass is 10.0. The predicted octanol–water partition coefficient (Wildman–Crippen LogP) is 4.05. The number of nitrogens with zero attached hydrogens (tertiary/aromatic N) is 1. The molecule has 1 amide bonds. The van der Waals surface area contributed by atoms with Crippen molar-refractivity contribution in [3.63, 3.8) is 0 Å². The van der Waals surface area contributed by atoms with E-state index in [1.54, 1.807) is 12.1 Å². The highest BCUT2D eigenvalue weighted by Gasteiger charge is 2.09. The minimum absolute atomic E-state index is 0.164. The van der Waals surface area contributed by atoms with Gasteiger partial charge in [0.05, 0.1) is 6.54 Å². The lowest BCUT2D eigenvalue weighted by molar-refractivity contribution is -0.117. The number of carbonyl (C=O) groups is 1. The monoisotopic (exact) mass is 322 g/mol. The Morgan fingerprint density at radius 2 is 1.79 bits per heavy atom. The molecule has 3 aromatic rings. The number of anilines is 1. The molecule has 0 aliphatic heterocycles. The van der Waals surface area contributed by atoms with Gasteiger partial charge in [-0.1, -0.05) is 48.5 Å². The highest BCUT2D eigenvalue weighted by atomic mass is 19.1. The van der Waals surface area contributed by atoms with Crippen molar-refractivity contribution in [3.05, 3.63) is 78.1 Å². The van der Waals surface area contributed by atoms with Crippen LogP contribution in [0.4, 0.5) is 10.1 Å². The van der Waals surface area contributed by atoms with Gasteiger partial charge in [0.1, 0.15) is 5.82 Å². The minimum atomic E-state index is -0.364. The largest absolute Gasteiger partial charge is 0.325 e. The number of benzene rings is 3. The fourth-order valence-corrected chi connectivity index (χ4v) is 2.79. The molecule has 0 unspecified atom stereocenters. The molecule has 0 fully saturated rings. The third-order valence-corrected chi connectivity index (χ3v) is 3.84. The Morgan fingerprint density at radius 1 is 1.04 bits per heavy atom. The van der Waals surface area contributed by atoms with Crippen LogP contribution in [0.1, 0.15) is 5.56 Å². The van der Waals surface area contributed by atoms with Gasteiger partial charge in [-0.25, -0.2) is 4.39 Å². The Bertz CT molecular complexity index is 858. The van der Waals surface area contributed by atoms with Crippen molar-refractivity contribution in [3.8, 4) is 0 Å². The number of hydrogen-bond donors (Lipinski definition) is 1. The second kappa shape index (κ2) is 7.23. The summed E-state index contributed by atoms with van der Waals surface area (Å²) in [5.41, 5.74) is 1.65. The molecule has 0 radical (unpaired) electrons. The molecule has 0 saturated heterocycles. The summed E-state index contributed by atoms with van der Waals surface area (Å²) in [5, 5.41) is 5.10. The molecule has 3 rings (SSSR count). The fourth-order valence-electron chi connectivity index (χ4n) is 2.79. The van der Waals surface area contributed by atoms with Gasteiger partial charge in [-0.15, -0.1) is 0 Å². The van der Waals surface area contributed by atoms with E-state index >= 15 is 0 Å². The quantitative estimate of drug-likeness (QED) is 0.768. The predicted molar refractivity (Wildman–Crippen MR) is 95.3 cm³/mol. The van der Waals surface area contributed by atoms with Crippen molar-refractivity contribution < 1.29 is 9.18 Å². The molecule has 1 N–H and O–H groups in total. The van der Waals surface area contributed by atoms with E-state index in [4.69, 9.17) is 0 Å². The van der Waals surface area contributed by atoms with Crippen LogP contribution in [0.25, 0.3) is 10.8 Å². The highest BCUT2D eigenvalue weighted by Crippen LogP contribution is 2.19. The first-order valence-electron chi connectivity index (χ1n) is 7.82. The Balaban J connectivity index is 1.64. The summed E-state index contributed by atoms with van der Waals surface area (Å²) in [6.45, 7) is 0.900. The number of carbonyl (C=O) groups excluding carboxylic acids is 1. The molecule has 0 spiro atoms. The summed E-state index contributed by atoms with van der Waals surface area (Å²) in [5.74, 6) is -0.528. The Hall–Kier alpha value is -2.72. The summed E-state index contributed by atoms with van der Waals surface area (Å²) in [6, 6.07) is 20.3. The number of halogens is 1. The molecule has 0 bridgehead atoms. The minimum Gasteiger partial charge on any atom is -0.325 e. The number of hydrogen-bond acceptors (Lipinski definition) is 2. The maximum absolute atomic E-state index is 13.2. The van der Waals surface area contributed by atoms with Crippen molar-refractivity contribution in [2.75, 3.05) is 18.9 Å². The second-order valence-electron chi connectivity index (χ2n) is 5.87. The van der Waals surface area contributed by atoms with Crippen LogP contribution in [0.3, 0.4) is 0 Å². The standard InChI is InChI=1S/C20H19FN2O/c1-23(14-20(24)22-18-10-5-9-17(21)12-18)13-16-8-4-7-15-6-2-3-11-19(15)16/h2-12H,13-14H2,1H3,(H,22,24). The molecule has 0 aliphatic carbocycles. The lowest BCUT2D eigenvalue weighted by Crippen LogP contribution is -2.29. The van der Waals surface area contributed by atoms with E-state index < -0.39 is 0 Å². The van der Waals surface area contributed by atoms with Gasteiger partial charge in [0.2, 0.25) is 5.91 Å². The molecule has 0 aliphatic rings. The molecule has 0 atom stereocenters. The van der Waals surface area contributed by atoms with Crippen molar-refractivity contribution in [1.29, 1.82) is 0 Å². The second-order valence-corrected chi connectivity index (χ2v) is 5.87. The Morgan fingerprint density at radius 3 is 2.62 bits per heavy atom. The van der Waals surface area contributed by atoms with Gasteiger partial charge in [-0.3, -0.25) is 9.69 Å². The Kier molecular flexibility index (Phi) is 4.87. The van der Waals surface area contributed by atoms with Crippen LogP contribution in [0, 0.1) is 5.82 Å². The van der Waals surface area contributed by atoms with Gasteiger partial charge in [0.15, 0.2) is 0 Å². The molecule has 122 valence electrons. The van der Waals surface area contributed by atoms with Crippen LogP contribution in [0.15, 0.2) is 66.7 Å². The molecule has 3 nitrogen and oxygen atoms in total. The summed E-state index contributed by atoms with van der Waals surface area (Å²) in [6.07, 6.45) is 0. The molecule has 0 heterocycles. The maximum Gasteiger partial charge on any atom is 0.238 e. The molecule has 0 aromatic heterocycles. The normalized spacial score (nSPS) is 11.0. The third kappa shape index (κ3) is 3.97. The average Bonchev–Trinajstić information content (AvgIpc) is 2.55. The average molecular weight is 322 g/mol.